The number of rotatable bonds is 7. The minimum atomic E-state index is 0.904. The third-order valence-electron chi connectivity index (χ3n) is 13.2. The van der Waals surface area contributed by atoms with Gasteiger partial charge in [0, 0.05) is 45.5 Å². The summed E-state index contributed by atoms with van der Waals surface area (Å²) in [4.78, 5) is 15.1. The highest BCUT2D eigenvalue weighted by Crippen LogP contribution is 2.47. The predicted molar refractivity (Wildman–Crippen MR) is 279 cm³/mol. The van der Waals surface area contributed by atoms with E-state index in [1.54, 1.807) is 0 Å². The number of aromatic nitrogens is 4. The summed E-state index contributed by atoms with van der Waals surface area (Å²) in [5.41, 5.74) is 17.4. The zero-order valence-electron chi connectivity index (χ0n) is 36.4. The summed E-state index contributed by atoms with van der Waals surface area (Å²) in [6, 6.07) is 82.7. The lowest BCUT2D eigenvalue weighted by atomic mass is 9.83. The van der Waals surface area contributed by atoms with Crippen LogP contribution in [0.15, 0.2) is 243 Å². The van der Waals surface area contributed by atoms with Crippen molar-refractivity contribution < 1.29 is 0 Å². The third-order valence-corrected chi connectivity index (χ3v) is 13.2. The molecule has 0 aliphatic carbocycles. The van der Waals surface area contributed by atoms with Gasteiger partial charge < -0.3 is 0 Å². The van der Waals surface area contributed by atoms with Gasteiger partial charge in [0.15, 0.2) is 0 Å². The monoisotopic (exact) mass is 852 g/mol. The number of hydrogen-bond donors (Lipinski definition) is 0. The SMILES string of the molecule is c1ccc(-c2c(-c3cccc(-c4nc5ccccc5n4-c4ccccc4)c3)c3ccccc3c3ccc(-c4cc(-c5cnc6ccccc6c5)cc(-c5cnc6ccccc6c5)c4)cc23)cc1. The molecule has 0 fully saturated rings. The number of imidazole rings is 1. The smallest absolute Gasteiger partial charge is 0.145 e. The van der Waals surface area contributed by atoms with Gasteiger partial charge in [-0.05, 0) is 145 Å². The van der Waals surface area contributed by atoms with Gasteiger partial charge in [-0.3, -0.25) is 14.5 Å². The van der Waals surface area contributed by atoms with E-state index in [-0.39, 0.29) is 0 Å². The van der Waals surface area contributed by atoms with Crippen molar-refractivity contribution in [2.24, 2.45) is 0 Å². The number of para-hydroxylation sites is 5. The molecule has 13 rings (SSSR count). The van der Waals surface area contributed by atoms with Crippen LogP contribution in [0.4, 0.5) is 0 Å². The van der Waals surface area contributed by atoms with Crippen LogP contribution in [0, 0.1) is 0 Å². The Labute approximate surface area is 387 Å². The normalized spacial score (nSPS) is 11.6. The molecule has 0 aliphatic heterocycles. The summed E-state index contributed by atoms with van der Waals surface area (Å²) >= 11 is 0. The molecule has 0 spiro atoms. The maximum Gasteiger partial charge on any atom is 0.145 e. The summed E-state index contributed by atoms with van der Waals surface area (Å²) in [7, 11) is 0. The predicted octanol–water partition coefficient (Wildman–Crippen LogP) is 16.4. The first-order valence-electron chi connectivity index (χ1n) is 22.7. The van der Waals surface area contributed by atoms with Crippen molar-refractivity contribution in [3.8, 4) is 72.7 Å². The number of fused-ring (bicyclic) bond motifs is 6. The van der Waals surface area contributed by atoms with Crippen molar-refractivity contribution in [3.63, 3.8) is 0 Å². The molecular formula is C63H40N4. The van der Waals surface area contributed by atoms with Crippen LogP contribution in [0.5, 0.6) is 0 Å². The summed E-state index contributed by atoms with van der Waals surface area (Å²) < 4.78 is 2.28. The topological polar surface area (TPSA) is 43.6 Å². The van der Waals surface area contributed by atoms with Crippen LogP contribution in [-0.4, -0.2) is 19.5 Å². The van der Waals surface area contributed by atoms with Crippen LogP contribution < -0.4 is 0 Å². The van der Waals surface area contributed by atoms with Crippen LogP contribution in [0.1, 0.15) is 0 Å². The van der Waals surface area contributed by atoms with E-state index in [4.69, 9.17) is 15.0 Å². The minimum Gasteiger partial charge on any atom is -0.292 e. The van der Waals surface area contributed by atoms with E-state index in [1.165, 1.54) is 32.7 Å². The molecule has 67 heavy (non-hydrogen) atoms. The fourth-order valence-corrected chi connectivity index (χ4v) is 10.0. The van der Waals surface area contributed by atoms with E-state index in [0.29, 0.717) is 0 Å². The van der Waals surface area contributed by atoms with Crippen molar-refractivity contribution in [1.82, 2.24) is 19.5 Å². The van der Waals surface area contributed by atoms with Gasteiger partial charge in [0.2, 0.25) is 0 Å². The molecule has 13 aromatic rings. The fraction of sp³-hybridized carbons (Fsp3) is 0. The molecule has 3 heterocycles. The molecule has 4 nitrogen and oxygen atoms in total. The zero-order valence-corrected chi connectivity index (χ0v) is 36.4. The van der Waals surface area contributed by atoms with Crippen LogP contribution in [0.2, 0.25) is 0 Å². The summed E-state index contributed by atoms with van der Waals surface area (Å²) in [6.45, 7) is 0. The van der Waals surface area contributed by atoms with E-state index in [1.807, 2.05) is 24.5 Å². The Kier molecular flexibility index (Phi) is 9.14. The summed E-state index contributed by atoms with van der Waals surface area (Å²) in [6.07, 6.45) is 4.00. The average Bonchev–Trinajstić information content (AvgIpc) is 3.80. The fourth-order valence-electron chi connectivity index (χ4n) is 10.0. The first-order chi connectivity index (χ1) is 33.2. The van der Waals surface area contributed by atoms with Gasteiger partial charge >= 0.3 is 0 Å². The quantitative estimate of drug-likeness (QED) is 0.150. The lowest BCUT2D eigenvalue weighted by Crippen LogP contribution is -1.98. The summed E-state index contributed by atoms with van der Waals surface area (Å²) in [5.74, 6) is 0.904. The van der Waals surface area contributed by atoms with Crippen LogP contribution in [0.3, 0.4) is 0 Å². The van der Waals surface area contributed by atoms with Gasteiger partial charge in [0.1, 0.15) is 5.82 Å². The van der Waals surface area contributed by atoms with E-state index >= 15 is 0 Å². The largest absolute Gasteiger partial charge is 0.292 e. The number of pyridine rings is 2. The Morgan fingerprint density at radius 1 is 0.284 bits per heavy atom. The molecule has 3 aromatic heterocycles. The molecule has 0 N–H and O–H groups in total. The first kappa shape index (κ1) is 38.5. The molecule has 10 aromatic carbocycles. The molecule has 0 amide bonds. The second-order valence-corrected chi connectivity index (χ2v) is 17.2. The highest BCUT2D eigenvalue weighted by atomic mass is 15.1. The highest BCUT2D eigenvalue weighted by molar-refractivity contribution is 6.22. The van der Waals surface area contributed by atoms with Crippen LogP contribution >= 0.6 is 0 Å². The average molecular weight is 853 g/mol. The van der Waals surface area contributed by atoms with Gasteiger partial charge in [0.25, 0.3) is 0 Å². The second-order valence-electron chi connectivity index (χ2n) is 17.2. The maximum atomic E-state index is 5.27. The van der Waals surface area contributed by atoms with E-state index < -0.39 is 0 Å². The highest BCUT2D eigenvalue weighted by Gasteiger charge is 2.21. The standard InChI is InChI=1S/C63H40N4/c1-3-16-41(17-4-1)61-56-38-42(47-35-48(50-32-43-18-7-11-26-57(43)64-39-50)37-49(36-47)51-33-44-19-8-12-27-58(44)65-40-51)30-31-54(56)53-24-9-10-25-55(53)62(61)45-20-15-21-46(34-45)63-66-59-28-13-14-29-60(59)67(63)52-22-5-2-6-23-52/h1-40H. The maximum absolute atomic E-state index is 5.27. The lowest BCUT2D eigenvalue weighted by molar-refractivity contribution is 1.10. The minimum absolute atomic E-state index is 0.904. The molecule has 0 saturated carbocycles. The molecule has 0 unspecified atom stereocenters. The molecule has 0 atom stereocenters. The molecule has 0 aliphatic rings. The number of nitrogens with zero attached hydrogens (tertiary/aromatic N) is 4. The Balaban J connectivity index is 1.05. The molecule has 312 valence electrons. The second kappa shape index (κ2) is 15.9. The van der Waals surface area contributed by atoms with Gasteiger partial charge in [0.05, 0.1) is 22.1 Å². The zero-order chi connectivity index (χ0) is 44.3. The lowest BCUT2D eigenvalue weighted by Gasteiger charge is -2.20. The van der Waals surface area contributed by atoms with Crippen LogP contribution in [0.25, 0.3) is 127 Å². The Hall–Kier alpha value is -8.99. The van der Waals surface area contributed by atoms with E-state index in [0.717, 1.165) is 94.4 Å². The van der Waals surface area contributed by atoms with Gasteiger partial charge in [-0.15, -0.1) is 0 Å². The Morgan fingerprint density at radius 2 is 0.791 bits per heavy atom. The Bertz CT molecular complexity index is 3940. The Morgan fingerprint density at radius 3 is 1.49 bits per heavy atom. The van der Waals surface area contributed by atoms with Crippen molar-refractivity contribution in [2.45, 2.75) is 0 Å². The van der Waals surface area contributed by atoms with E-state index in [9.17, 15) is 0 Å². The number of hydrogen-bond acceptors (Lipinski definition) is 3. The van der Waals surface area contributed by atoms with Gasteiger partial charge in [-0.25, -0.2) is 4.98 Å². The molecule has 0 saturated heterocycles. The molecule has 4 heteroatoms. The van der Waals surface area contributed by atoms with Crippen molar-refractivity contribution in [3.05, 3.63) is 243 Å². The van der Waals surface area contributed by atoms with Crippen molar-refractivity contribution in [2.75, 3.05) is 0 Å². The van der Waals surface area contributed by atoms with Crippen molar-refractivity contribution >= 4 is 54.4 Å². The first-order valence-corrected chi connectivity index (χ1v) is 22.7. The number of benzene rings is 10. The van der Waals surface area contributed by atoms with Crippen LogP contribution in [-0.2, 0) is 0 Å². The summed E-state index contributed by atoms with van der Waals surface area (Å²) in [5, 5.41) is 7.02. The molecule has 0 radical (unpaired) electrons. The van der Waals surface area contributed by atoms with Crippen molar-refractivity contribution in [1.29, 1.82) is 0 Å². The third kappa shape index (κ3) is 6.74. The van der Waals surface area contributed by atoms with Gasteiger partial charge in [-0.2, -0.15) is 0 Å². The molecular weight excluding hydrogens is 813 g/mol. The van der Waals surface area contributed by atoms with Gasteiger partial charge in [-0.1, -0.05) is 152 Å². The molecule has 0 bridgehead atoms. The van der Waals surface area contributed by atoms with E-state index in [2.05, 4.69) is 223 Å².